The first-order chi connectivity index (χ1) is 11.1. The molecule has 0 aliphatic carbocycles. The normalized spacial score (nSPS) is 19.8. The van der Waals surface area contributed by atoms with Crippen molar-refractivity contribution in [2.75, 3.05) is 18.4 Å². The summed E-state index contributed by atoms with van der Waals surface area (Å²) in [5, 5.41) is 10.7. The molecule has 2 atom stereocenters. The third-order valence-electron chi connectivity index (χ3n) is 4.41. The van der Waals surface area contributed by atoms with Crippen molar-refractivity contribution in [1.82, 2.24) is 15.1 Å². The topological polar surface area (TPSA) is 59.0 Å². The maximum Gasteiger partial charge on any atom is 0.229 e. The van der Waals surface area contributed by atoms with E-state index in [4.69, 9.17) is 0 Å². The van der Waals surface area contributed by atoms with Gasteiger partial charge in [0.15, 0.2) is 0 Å². The van der Waals surface area contributed by atoms with Crippen LogP contribution in [0.1, 0.15) is 24.0 Å². The van der Waals surface area contributed by atoms with Gasteiger partial charge < -0.3 is 10.6 Å². The van der Waals surface area contributed by atoms with Crippen LogP contribution in [0.2, 0.25) is 0 Å². The molecule has 0 unspecified atom stereocenters. The zero-order valence-corrected chi connectivity index (χ0v) is 16.2. The number of hydrogen-bond acceptors (Lipinski definition) is 3. The number of carbonyl (C=O) groups is 1. The molecular weight excluding hydrogens is 392 g/mol. The summed E-state index contributed by atoms with van der Waals surface area (Å²) in [6.45, 7) is 3.60. The number of hydrogen-bond donors (Lipinski definition) is 2. The second kappa shape index (κ2) is 8.14. The summed E-state index contributed by atoms with van der Waals surface area (Å²) < 4.78 is 2.81. The van der Waals surface area contributed by atoms with Crippen LogP contribution in [0.15, 0.2) is 35.1 Å². The van der Waals surface area contributed by atoms with Crippen molar-refractivity contribution < 1.29 is 4.79 Å². The maximum absolute atomic E-state index is 12.8. The molecule has 1 aliphatic rings. The molecule has 1 aromatic heterocycles. The van der Waals surface area contributed by atoms with Gasteiger partial charge in [-0.1, -0.05) is 22.9 Å². The van der Waals surface area contributed by atoms with E-state index in [-0.39, 0.29) is 30.2 Å². The zero-order chi connectivity index (χ0) is 16.4. The van der Waals surface area contributed by atoms with Gasteiger partial charge >= 0.3 is 0 Å². The number of aromatic nitrogens is 2. The van der Waals surface area contributed by atoms with Gasteiger partial charge in [-0.15, -0.1) is 12.4 Å². The average molecular weight is 414 g/mol. The van der Waals surface area contributed by atoms with Crippen LogP contribution >= 0.6 is 28.3 Å². The van der Waals surface area contributed by atoms with Crippen LogP contribution in [-0.2, 0) is 18.3 Å². The van der Waals surface area contributed by atoms with Crippen LogP contribution < -0.4 is 10.6 Å². The Balaban J connectivity index is 0.00000208. The number of aryl methyl sites for hydroxylation is 2. The monoisotopic (exact) mass is 412 g/mol. The molecule has 2 heterocycles. The van der Waals surface area contributed by atoms with Crippen LogP contribution in [0.4, 0.5) is 5.69 Å². The van der Waals surface area contributed by atoms with Gasteiger partial charge in [0.2, 0.25) is 5.91 Å². The number of rotatable bonds is 4. The van der Waals surface area contributed by atoms with Crippen molar-refractivity contribution in [1.29, 1.82) is 0 Å². The Labute approximate surface area is 156 Å². The third-order valence-corrected chi connectivity index (χ3v) is 4.90. The van der Waals surface area contributed by atoms with Crippen molar-refractivity contribution >= 4 is 39.9 Å². The van der Waals surface area contributed by atoms with E-state index in [1.807, 2.05) is 31.6 Å². The van der Waals surface area contributed by atoms with Crippen LogP contribution in [-0.4, -0.2) is 28.8 Å². The molecule has 2 aromatic rings. The summed E-state index contributed by atoms with van der Waals surface area (Å²) in [6.07, 6.45) is 4.73. The number of nitrogens with one attached hydrogen (secondary N) is 2. The van der Waals surface area contributed by atoms with Gasteiger partial charge in [-0.05, 0) is 35.7 Å². The van der Waals surface area contributed by atoms with Crippen molar-refractivity contribution in [3.05, 3.63) is 46.2 Å². The minimum Gasteiger partial charge on any atom is -0.326 e. The average Bonchev–Trinajstić information content (AvgIpc) is 3.17. The highest BCUT2D eigenvalue weighted by Gasteiger charge is 2.34. The molecule has 1 fully saturated rings. The quantitative estimate of drug-likeness (QED) is 0.810. The van der Waals surface area contributed by atoms with Gasteiger partial charge in [-0.3, -0.25) is 9.48 Å². The molecule has 130 valence electrons. The van der Waals surface area contributed by atoms with Gasteiger partial charge in [0.05, 0.1) is 12.1 Å². The van der Waals surface area contributed by atoms with Gasteiger partial charge in [0.25, 0.3) is 0 Å². The predicted molar refractivity (Wildman–Crippen MR) is 102 cm³/mol. The molecule has 7 heteroatoms. The van der Waals surface area contributed by atoms with E-state index in [1.165, 1.54) is 0 Å². The van der Waals surface area contributed by atoms with Crippen LogP contribution in [0, 0.1) is 5.92 Å². The van der Waals surface area contributed by atoms with Crippen molar-refractivity contribution in [3.63, 3.8) is 0 Å². The molecule has 3 rings (SSSR count). The minimum atomic E-state index is -0.0763. The van der Waals surface area contributed by atoms with E-state index in [2.05, 4.69) is 44.7 Å². The van der Waals surface area contributed by atoms with Gasteiger partial charge in [0.1, 0.15) is 0 Å². The fourth-order valence-electron chi connectivity index (χ4n) is 3.14. The van der Waals surface area contributed by atoms with Gasteiger partial charge in [-0.2, -0.15) is 5.10 Å². The molecular formula is C17H22BrClN4O. The lowest BCUT2D eigenvalue weighted by Crippen LogP contribution is -2.28. The summed E-state index contributed by atoms with van der Waals surface area (Å²) in [4.78, 5) is 12.8. The Bertz CT molecular complexity index is 718. The van der Waals surface area contributed by atoms with Crippen molar-refractivity contribution in [3.8, 4) is 0 Å². The zero-order valence-electron chi connectivity index (χ0n) is 13.8. The molecule has 0 bridgehead atoms. The van der Waals surface area contributed by atoms with E-state index < -0.39 is 0 Å². The van der Waals surface area contributed by atoms with E-state index in [0.717, 1.165) is 34.3 Å². The second-order valence-corrected chi connectivity index (χ2v) is 6.88. The van der Waals surface area contributed by atoms with Crippen molar-refractivity contribution in [2.45, 2.75) is 19.3 Å². The van der Waals surface area contributed by atoms with Crippen molar-refractivity contribution in [2.24, 2.45) is 13.0 Å². The fraction of sp³-hybridized carbons (Fsp3) is 0.412. The Morgan fingerprint density at radius 2 is 2.25 bits per heavy atom. The molecule has 1 aromatic carbocycles. The van der Waals surface area contributed by atoms with Crippen LogP contribution in [0.25, 0.3) is 0 Å². The molecule has 0 saturated carbocycles. The second-order valence-electron chi connectivity index (χ2n) is 5.96. The van der Waals surface area contributed by atoms with E-state index in [0.29, 0.717) is 6.54 Å². The summed E-state index contributed by atoms with van der Waals surface area (Å²) in [5.74, 6) is 0.164. The molecule has 0 spiro atoms. The summed E-state index contributed by atoms with van der Waals surface area (Å²) in [5.41, 5.74) is 3.15. The van der Waals surface area contributed by atoms with E-state index >= 15 is 0 Å². The largest absolute Gasteiger partial charge is 0.326 e. The molecule has 1 saturated heterocycles. The standard InChI is InChI=1S/C17H21BrN4O.ClH/c1-3-11-6-13(18)4-5-16(11)21-17(23)15-9-19-8-14(15)12-7-20-22(2)10-12;/h4-7,10,14-15,19H,3,8-9H2,1-2H3,(H,21,23);1H/t14-,15+;/m1./s1. The molecule has 5 nitrogen and oxygen atoms in total. The molecule has 0 radical (unpaired) electrons. The Hall–Kier alpha value is -1.37. The van der Waals surface area contributed by atoms with Gasteiger partial charge in [-0.25, -0.2) is 0 Å². The number of benzene rings is 1. The number of nitrogens with zero attached hydrogens (tertiary/aromatic N) is 2. The highest BCUT2D eigenvalue weighted by Crippen LogP contribution is 2.30. The molecule has 2 N–H and O–H groups in total. The SMILES string of the molecule is CCc1cc(Br)ccc1NC(=O)[C@H]1CNC[C@@H]1c1cnn(C)c1.Cl. The lowest BCUT2D eigenvalue weighted by Gasteiger charge is -2.18. The molecule has 1 aliphatic heterocycles. The lowest BCUT2D eigenvalue weighted by atomic mass is 9.90. The minimum absolute atomic E-state index is 0. The first kappa shape index (κ1) is 19.0. The fourth-order valence-corrected chi connectivity index (χ4v) is 3.55. The first-order valence-electron chi connectivity index (χ1n) is 7.87. The van der Waals surface area contributed by atoms with Gasteiger partial charge in [0, 0.05) is 42.4 Å². The number of carbonyl (C=O) groups excluding carboxylic acids is 1. The first-order valence-corrected chi connectivity index (χ1v) is 8.66. The Morgan fingerprint density at radius 1 is 1.46 bits per heavy atom. The van der Waals surface area contributed by atoms with Crippen LogP contribution in [0.3, 0.4) is 0 Å². The third kappa shape index (κ3) is 3.99. The summed E-state index contributed by atoms with van der Waals surface area (Å²) in [7, 11) is 1.90. The molecule has 1 amide bonds. The van der Waals surface area contributed by atoms with Crippen LogP contribution in [0.5, 0.6) is 0 Å². The summed E-state index contributed by atoms with van der Waals surface area (Å²) >= 11 is 3.48. The maximum atomic E-state index is 12.8. The number of anilines is 1. The van der Waals surface area contributed by atoms with E-state index in [1.54, 1.807) is 4.68 Å². The molecule has 24 heavy (non-hydrogen) atoms. The predicted octanol–water partition coefficient (Wildman–Crippen LogP) is 3.11. The Morgan fingerprint density at radius 3 is 2.92 bits per heavy atom. The smallest absolute Gasteiger partial charge is 0.229 e. The highest BCUT2D eigenvalue weighted by atomic mass is 79.9. The lowest BCUT2D eigenvalue weighted by molar-refractivity contribution is -0.119. The highest BCUT2D eigenvalue weighted by molar-refractivity contribution is 9.10. The summed E-state index contributed by atoms with van der Waals surface area (Å²) in [6, 6.07) is 5.98. The number of halogens is 2. The number of amides is 1. The Kier molecular flexibility index (Phi) is 6.43. The van der Waals surface area contributed by atoms with E-state index in [9.17, 15) is 4.79 Å².